The second-order valence-electron chi connectivity index (χ2n) is 4.14. The summed E-state index contributed by atoms with van der Waals surface area (Å²) in [5.41, 5.74) is 0.686. The summed E-state index contributed by atoms with van der Waals surface area (Å²) in [6, 6.07) is 8.82. The monoisotopic (exact) mass is 295 g/mol. The lowest BCUT2D eigenvalue weighted by atomic mass is 10.1. The van der Waals surface area contributed by atoms with E-state index in [1.165, 1.54) is 6.07 Å². The van der Waals surface area contributed by atoms with E-state index in [0.717, 1.165) is 12.1 Å². The van der Waals surface area contributed by atoms with Gasteiger partial charge < -0.3 is 15.5 Å². The van der Waals surface area contributed by atoms with Gasteiger partial charge in [-0.2, -0.15) is 0 Å². The van der Waals surface area contributed by atoms with Crippen LogP contribution >= 0.6 is 11.6 Å². The number of carboxylic acids is 1. The molecular formula is C14H11ClFNO3. The topological polar surface area (TPSA) is 69.6 Å². The number of aliphatic carboxylic acids is 1. The number of carbonyl (C=O) groups is 1. The van der Waals surface area contributed by atoms with Crippen molar-refractivity contribution in [1.29, 1.82) is 0 Å². The first-order valence-corrected chi connectivity index (χ1v) is 6.08. The van der Waals surface area contributed by atoms with Crippen molar-refractivity contribution in [2.75, 3.05) is 5.32 Å². The molecule has 3 N–H and O–H groups in total. The first-order valence-electron chi connectivity index (χ1n) is 5.70. The van der Waals surface area contributed by atoms with Gasteiger partial charge in [-0.1, -0.05) is 23.7 Å². The van der Waals surface area contributed by atoms with Gasteiger partial charge in [0.05, 0.1) is 0 Å². The van der Waals surface area contributed by atoms with Gasteiger partial charge in [0.2, 0.25) is 0 Å². The second kappa shape index (κ2) is 5.79. The number of aromatic hydroxyl groups is 1. The maximum absolute atomic E-state index is 13.3. The first kappa shape index (κ1) is 14.1. The van der Waals surface area contributed by atoms with E-state index in [0.29, 0.717) is 10.7 Å². The molecule has 6 heteroatoms. The summed E-state index contributed by atoms with van der Waals surface area (Å²) in [4.78, 5) is 11.3. The first-order chi connectivity index (χ1) is 9.47. The minimum absolute atomic E-state index is 0.188. The van der Waals surface area contributed by atoms with Gasteiger partial charge in [-0.15, -0.1) is 0 Å². The molecule has 0 saturated heterocycles. The Morgan fingerprint density at radius 1 is 1.25 bits per heavy atom. The van der Waals surface area contributed by atoms with Gasteiger partial charge in [-0.3, -0.25) is 0 Å². The van der Waals surface area contributed by atoms with Crippen molar-refractivity contribution >= 4 is 23.3 Å². The molecule has 2 aromatic carbocycles. The molecule has 0 heterocycles. The standard InChI is InChI=1S/C14H11ClFNO3/c15-9-2-1-3-10(7-9)17-13(14(19)20)8-4-5-12(18)11(16)6-8/h1-7,13,17-18H,(H,19,20). The van der Waals surface area contributed by atoms with Crippen LogP contribution in [-0.4, -0.2) is 16.2 Å². The Morgan fingerprint density at radius 2 is 2.00 bits per heavy atom. The zero-order valence-electron chi connectivity index (χ0n) is 10.2. The molecule has 0 amide bonds. The lowest BCUT2D eigenvalue weighted by Crippen LogP contribution is -2.20. The number of hydrogen-bond donors (Lipinski definition) is 3. The van der Waals surface area contributed by atoms with Crippen molar-refractivity contribution in [3.63, 3.8) is 0 Å². The number of hydrogen-bond acceptors (Lipinski definition) is 3. The Balaban J connectivity index is 2.32. The Kier molecular flexibility index (Phi) is 4.10. The zero-order chi connectivity index (χ0) is 14.7. The van der Waals surface area contributed by atoms with E-state index in [4.69, 9.17) is 16.7 Å². The third-order valence-corrected chi connectivity index (χ3v) is 2.92. The van der Waals surface area contributed by atoms with Crippen LogP contribution in [0.15, 0.2) is 42.5 Å². The van der Waals surface area contributed by atoms with Crippen molar-refractivity contribution in [3.8, 4) is 5.75 Å². The van der Waals surface area contributed by atoms with Crippen LogP contribution in [0.1, 0.15) is 11.6 Å². The number of rotatable bonds is 4. The van der Waals surface area contributed by atoms with Crippen molar-refractivity contribution in [1.82, 2.24) is 0 Å². The third kappa shape index (κ3) is 3.19. The fourth-order valence-electron chi connectivity index (χ4n) is 1.74. The molecule has 0 radical (unpaired) electrons. The van der Waals surface area contributed by atoms with Gasteiger partial charge in [0.1, 0.15) is 0 Å². The van der Waals surface area contributed by atoms with Crippen LogP contribution in [0.4, 0.5) is 10.1 Å². The van der Waals surface area contributed by atoms with Crippen molar-refractivity contribution in [2.24, 2.45) is 0 Å². The molecular weight excluding hydrogens is 285 g/mol. The molecule has 2 rings (SSSR count). The number of nitrogens with one attached hydrogen (secondary N) is 1. The van der Waals surface area contributed by atoms with Crippen LogP contribution in [0.3, 0.4) is 0 Å². The lowest BCUT2D eigenvalue weighted by Gasteiger charge is -2.16. The third-order valence-electron chi connectivity index (χ3n) is 2.69. The molecule has 1 unspecified atom stereocenters. The molecule has 0 fully saturated rings. The highest BCUT2D eigenvalue weighted by atomic mass is 35.5. The van der Waals surface area contributed by atoms with Gasteiger partial charge in [-0.05, 0) is 35.9 Å². The van der Waals surface area contributed by atoms with Crippen molar-refractivity contribution in [3.05, 3.63) is 58.9 Å². The fourth-order valence-corrected chi connectivity index (χ4v) is 1.93. The Labute approximate surface area is 119 Å². The number of carboxylic acid groups (broad SMARTS) is 1. The van der Waals surface area contributed by atoms with Crippen LogP contribution < -0.4 is 5.32 Å². The number of phenols is 1. The summed E-state index contributed by atoms with van der Waals surface area (Å²) in [7, 11) is 0. The van der Waals surface area contributed by atoms with Crippen LogP contribution in [0, 0.1) is 5.82 Å². The smallest absolute Gasteiger partial charge is 0.330 e. The molecule has 20 heavy (non-hydrogen) atoms. The van der Waals surface area contributed by atoms with E-state index < -0.39 is 23.6 Å². The summed E-state index contributed by atoms with van der Waals surface area (Å²) in [5.74, 6) is -2.57. The summed E-state index contributed by atoms with van der Waals surface area (Å²) < 4.78 is 13.3. The predicted octanol–water partition coefficient (Wildman–Crippen LogP) is 3.42. The van der Waals surface area contributed by atoms with Crippen molar-refractivity contribution in [2.45, 2.75) is 6.04 Å². The number of benzene rings is 2. The maximum Gasteiger partial charge on any atom is 0.330 e. The summed E-state index contributed by atoms with van der Waals surface area (Å²) in [6.45, 7) is 0. The van der Waals surface area contributed by atoms with E-state index in [-0.39, 0.29) is 5.56 Å². The van der Waals surface area contributed by atoms with Crippen LogP contribution in [-0.2, 0) is 4.79 Å². The zero-order valence-corrected chi connectivity index (χ0v) is 10.9. The Morgan fingerprint density at radius 3 is 2.60 bits per heavy atom. The number of phenolic OH excluding ortho intramolecular Hbond substituents is 1. The van der Waals surface area contributed by atoms with Crippen LogP contribution in [0.5, 0.6) is 5.75 Å². The predicted molar refractivity (Wildman–Crippen MR) is 73.5 cm³/mol. The van der Waals surface area contributed by atoms with E-state index >= 15 is 0 Å². The van der Waals surface area contributed by atoms with Gasteiger partial charge in [0.25, 0.3) is 0 Å². The minimum Gasteiger partial charge on any atom is -0.505 e. The average Bonchev–Trinajstić information content (AvgIpc) is 2.39. The second-order valence-corrected chi connectivity index (χ2v) is 4.57. The molecule has 2 aromatic rings. The summed E-state index contributed by atoms with van der Waals surface area (Å²) >= 11 is 5.82. The molecule has 0 aliphatic heterocycles. The van der Waals surface area contributed by atoms with E-state index in [9.17, 15) is 14.3 Å². The van der Waals surface area contributed by atoms with Gasteiger partial charge in [0.15, 0.2) is 17.6 Å². The highest BCUT2D eigenvalue weighted by Gasteiger charge is 2.21. The SMILES string of the molecule is O=C(O)C(Nc1cccc(Cl)c1)c1ccc(O)c(F)c1. The largest absolute Gasteiger partial charge is 0.505 e. The van der Waals surface area contributed by atoms with E-state index in [1.807, 2.05) is 0 Å². The lowest BCUT2D eigenvalue weighted by molar-refractivity contribution is -0.138. The highest BCUT2D eigenvalue weighted by molar-refractivity contribution is 6.30. The maximum atomic E-state index is 13.3. The number of anilines is 1. The normalized spacial score (nSPS) is 11.9. The minimum atomic E-state index is -1.17. The van der Waals surface area contributed by atoms with Gasteiger partial charge >= 0.3 is 5.97 Å². The van der Waals surface area contributed by atoms with E-state index in [2.05, 4.69) is 5.32 Å². The molecule has 0 saturated carbocycles. The molecule has 1 atom stereocenters. The molecule has 0 aliphatic rings. The molecule has 4 nitrogen and oxygen atoms in total. The van der Waals surface area contributed by atoms with Crippen molar-refractivity contribution < 1.29 is 19.4 Å². The molecule has 0 aliphatic carbocycles. The Bertz CT molecular complexity index is 648. The van der Waals surface area contributed by atoms with Gasteiger partial charge in [0, 0.05) is 10.7 Å². The molecule has 0 aromatic heterocycles. The summed E-state index contributed by atoms with van der Waals surface area (Å²) in [5, 5.41) is 21.6. The highest BCUT2D eigenvalue weighted by Crippen LogP contribution is 2.25. The fraction of sp³-hybridized carbons (Fsp3) is 0.0714. The molecule has 0 spiro atoms. The van der Waals surface area contributed by atoms with Gasteiger partial charge in [-0.25, -0.2) is 9.18 Å². The quantitative estimate of drug-likeness (QED) is 0.808. The Hall–Kier alpha value is -2.27. The van der Waals surface area contributed by atoms with E-state index in [1.54, 1.807) is 24.3 Å². The molecule has 104 valence electrons. The van der Waals surface area contributed by atoms with Crippen LogP contribution in [0.25, 0.3) is 0 Å². The summed E-state index contributed by atoms with van der Waals surface area (Å²) in [6.07, 6.45) is 0. The van der Waals surface area contributed by atoms with Crippen LogP contribution in [0.2, 0.25) is 5.02 Å². The average molecular weight is 296 g/mol. The number of halogens is 2. The molecule has 0 bridgehead atoms.